The van der Waals surface area contributed by atoms with E-state index in [4.69, 9.17) is 9.47 Å². The second-order valence-corrected chi connectivity index (χ2v) is 3.55. The molecule has 1 amide bonds. The molecule has 0 aliphatic rings. The van der Waals surface area contributed by atoms with Gasteiger partial charge in [0.25, 0.3) is 0 Å². The molecule has 1 rings (SSSR count). The van der Waals surface area contributed by atoms with Crippen molar-refractivity contribution in [1.29, 1.82) is 0 Å². The van der Waals surface area contributed by atoms with Gasteiger partial charge in [-0.05, 0) is 37.6 Å². The zero-order valence-electron chi connectivity index (χ0n) is 11.0. The monoisotopic (exact) mass is 263 g/mol. The lowest BCUT2D eigenvalue weighted by molar-refractivity contribution is -0.137. The van der Waals surface area contributed by atoms with Gasteiger partial charge in [0.05, 0.1) is 13.2 Å². The number of rotatable bonds is 5. The highest BCUT2D eigenvalue weighted by atomic mass is 16.5. The van der Waals surface area contributed by atoms with Crippen LogP contribution in [0.3, 0.4) is 0 Å². The Balaban J connectivity index is 2.56. The number of ether oxygens (including phenoxy) is 2. The van der Waals surface area contributed by atoms with Crippen LogP contribution in [0.15, 0.2) is 30.3 Å². The maximum absolute atomic E-state index is 11.2. The SMILES string of the molecule is CCOC(=O)C=Cc1ccc(NC(=O)OCC)cc1. The van der Waals surface area contributed by atoms with Gasteiger partial charge in [0.15, 0.2) is 0 Å². The minimum absolute atomic E-state index is 0.326. The molecule has 0 saturated carbocycles. The van der Waals surface area contributed by atoms with Gasteiger partial charge in [-0.3, -0.25) is 5.32 Å². The summed E-state index contributed by atoms with van der Waals surface area (Å²) in [6, 6.07) is 7.00. The molecule has 0 aliphatic carbocycles. The van der Waals surface area contributed by atoms with Crippen molar-refractivity contribution in [1.82, 2.24) is 0 Å². The first-order chi connectivity index (χ1) is 9.15. The number of benzene rings is 1. The molecule has 0 aromatic heterocycles. The summed E-state index contributed by atoms with van der Waals surface area (Å²) in [7, 11) is 0. The summed E-state index contributed by atoms with van der Waals surface area (Å²) >= 11 is 0. The highest BCUT2D eigenvalue weighted by Crippen LogP contribution is 2.11. The van der Waals surface area contributed by atoms with Gasteiger partial charge in [-0.15, -0.1) is 0 Å². The van der Waals surface area contributed by atoms with Crippen LogP contribution in [0.2, 0.25) is 0 Å². The Hall–Kier alpha value is -2.30. The molecule has 0 bridgehead atoms. The van der Waals surface area contributed by atoms with Crippen LogP contribution in [0.1, 0.15) is 19.4 Å². The third-order valence-corrected chi connectivity index (χ3v) is 2.13. The molecular formula is C14H17NO4. The summed E-state index contributed by atoms with van der Waals surface area (Å²) in [4.78, 5) is 22.3. The number of carbonyl (C=O) groups excluding carboxylic acids is 2. The van der Waals surface area contributed by atoms with E-state index < -0.39 is 6.09 Å². The second-order valence-electron chi connectivity index (χ2n) is 3.55. The van der Waals surface area contributed by atoms with Gasteiger partial charge < -0.3 is 9.47 Å². The van der Waals surface area contributed by atoms with Crippen molar-refractivity contribution in [3.8, 4) is 0 Å². The third kappa shape index (κ3) is 5.72. The van der Waals surface area contributed by atoms with Gasteiger partial charge in [-0.2, -0.15) is 0 Å². The molecule has 1 aromatic carbocycles. The molecule has 0 unspecified atom stereocenters. The molecular weight excluding hydrogens is 246 g/mol. The van der Waals surface area contributed by atoms with Crippen LogP contribution in [-0.2, 0) is 14.3 Å². The Morgan fingerprint density at radius 3 is 2.32 bits per heavy atom. The van der Waals surface area contributed by atoms with E-state index in [2.05, 4.69) is 5.32 Å². The number of anilines is 1. The summed E-state index contributed by atoms with van der Waals surface area (Å²) in [5.41, 5.74) is 1.47. The van der Waals surface area contributed by atoms with Crippen LogP contribution in [0.4, 0.5) is 10.5 Å². The first-order valence-corrected chi connectivity index (χ1v) is 6.04. The number of esters is 1. The smallest absolute Gasteiger partial charge is 0.411 e. The van der Waals surface area contributed by atoms with Crippen molar-refractivity contribution in [2.75, 3.05) is 18.5 Å². The maximum Gasteiger partial charge on any atom is 0.411 e. The van der Waals surface area contributed by atoms with Crippen LogP contribution < -0.4 is 5.32 Å². The molecule has 0 radical (unpaired) electrons. The first-order valence-electron chi connectivity index (χ1n) is 6.04. The average Bonchev–Trinajstić information content (AvgIpc) is 2.38. The second kappa shape index (κ2) is 7.92. The van der Waals surface area contributed by atoms with E-state index in [1.165, 1.54) is 6.08 Å². The van der Waals surface area contributed by atoms with Crippen molar-refractivity contribution in [3.63, 3.8) is 0 Å². The standard InChI is InChI=1S/C14H17NO4/c1-3-18-13(16)10-7-11-5-8-12(9-6-11)15-14(17)19-4-2/h5-10H,3-4H2,1-2H3,(H,15,17). The summed E-state index contributed by atoms with van der Waals surface area (Å²) in [5.74, 6) is -0.378. The molecule has 5 heteroatoms. The van der Waals surface area contributed by atoms with E-state index in [1.807, 2.05) is 0 Å². The van der Waals surface area contributed by atoms with Gasteiger partial charge in [-0.1, -0.05) is 12.1 Å². The molecule has 1 aromatic rings. The summed E-state index contributed by atoms with van der Waals surface area (Å²) in [5, 5.41) is 2.58. The average molecular weight is 263 g/mol. The van der Waals surface area contributed by atoms with E-state index in [0.29, 0.717) is 18.9 Å². The third-order valence-electron chi connectivity index (χ3n) is 2.13. The van der Waals surface area contributed by atoms with Gasteiger partial charge in [0.2, 0.25) is 0 Å². The fraction of sp³-hybridized carbons (Fsp3) is 0.286. The molecule has 0 atom stereocenters. The Bertz CT molecular complexity index is 451. The summed E-state index contributed by atoms with van der Waals surface area (Å²) in [6.45, 7) is 4.17. The van der Waals surface area contributed by atoms with Crippen LogP contribution in [0.5, 0.6) is 0 Å². The number of carbonyl (C=O) groups is 2. The maximum atomic E-state index is 11.2. The van der Waals surface area contributed by atoms with Gasteiger partial charge in [-0.25, -0.2) is 9.59 Å². The highest BCUT2D eigenvalue weighted by molar-refractivity contribution is 5.87. The molecule has 0 aliphatic heterocycles. The highest BCUT2D eigenvalue weighted by Gasteiger charge is 2.01. The van der Waals surface area contributed by atoms with E-state index >= 15 is 0 Å². The number of nitrogens with one attached hydrogen (secondary N) is 1. The fourth-order valence-corrected chi connectivity index (χ4v) is 1.32. The van der Waals surface area contributed by atoms with E-state index in [1.54, 1.807) is 44.2 Å². The van der Waals surface area contributed by atoms with Crippen LogP contribution in [0.25, 0.3) is 6.08 Å². The Morgan fingerprint density at radius 1 is 1.11 bits per heavy atom. The van der Waals surface area contributed by atoms with Crippen LogP contribution in [-0.4, -0.2) is 25.3 Å². The van der Waals surface area contributed by atoms with Crippen molar-refractivity contribution >= 4 is 23.8 Å². The van der Waals surface area contributed by atoms with E-state index in [9.17, 15) is 9.59 Å². The van der Waals surface area contributed by atoms with E-state index in [0.717, 1.165) is 5.56 Å². The normalized spacial score (nSPS) is 10.2. The van der Waals surface area contributed by atoms with Crippen molar-refractivity contribution in [2.24, 2.45) is 0 Å². The largest absolute Gasteiger partial charge is 0.463 e. The topological polar surface area (TPSA) is 64.6 Å². The quantitative estimate of drug-likeness (QED) is 0.655. The van der Waals surface area contributed by atoms with Gasteiger partial charge >= 0.3 is 12.1 Å². The number of amides is 1. The first kappa shape index (κ1) is 14.8. The lowest BCUT2D eigenvalue weighted by Crippen LogP contribution is -2.13. The van der Waals surface area contributed by atoms with Gasteiger partial charge in [0, 0.05) is 11.8 Å². The zero-order chi connectivity index (χ0) is 14.1. The predicted octanol–water partition coefficient (Wildman–Crippen LogP) is 2.83. The zero-order valence-corrected chi connectivity index (χ0v) is 11.0. The minimum Gasteiger partial charge on any atom is -0.463 e. The number of hydrogen-bond donors (Lipinski definition) is 1. The van der Waals surface area contributed by atoms with Crippen molar-refractivity contribution in [2.45, 2.75) is 13.8 Å². The fourth-order valence-electron chi connectivity index (χ4n) is 1.32. The lowest BCUT2D eigenvalue weighted by Gasteiger charge is -2.05. The Morgan fingerprint density at radius 2 is 1.74 bits per heavy atom. The summed E-state index contributed by atoms with van der Waals surface area (Å²) in [6.07, 6.45) is 2.51. The van der Waals surface area contributed by atoms with E-state index in [-0.39, 0.29) is 5.97 Å². The molecule has 5 nitrogen and oxygen atoms in total. The molecule has 1 N–H and O–H groups in total. The van der Waals surface area contributed by atoms with Crippen molar-refractivity contribution in [3.05, 3.63) is 35.9 Å². The molecule has 0 fully saturated rings. The van der Waals surface area contributed by atoms with Crippen LogP contribution >= 0.6 is 0 Å². The summed E-state index contributed by atoms with van der Waals surface area (Å²) < 4.78 is 9.52. The molecule has 0 spiro atoms. The minimum atomic E-state index is -0.489. The van der Waals surface area contributed by atoms with Gasteiger partial charge in [0.1, 0.15) is 0 Å². The Labute approximate surface area is 112 Å². The lowest BCUT2D eigenvalue weighted by atomic mass is 10.2. The van der Waals surface area contributed by atoms with Crippen LogP contribution in [0, 0.1) is 0 Å². The molecule has 102 valence electrons. The molecule has 19 heavy (non-hydrogen) atoms. The molecule has 0 saturated heterocycles. The predicted molar refractivity (Wildman–Crippen MR) is 72.8 cm³/mol. The van der Waals surface area contributed by atoms with Crippen molar-refractivity contribution < 1.29 is 19.1 Å². The molecule has 0 heterocycles. The number of hydrogen-bond acceptors (Lipinski definition) is 4. The Kier molecular flexibility index (Phi) is 6.15.